The first-order chi connectivity index (χ1) is 13.3. The van der Waals surface area contributed by atoms with Gasteiger partial charge in [0, 0.05) is 55.2 Å². The van der Waals surface area contributed by atoms with Gasteiger partial charge in [-0.05, 0) is 24.3 Å². The first-order valence-electron chi connectivity index (χ1n) is 8.97. The van der Waals surface area contributed by atoms with Crippen LogP contribution in [0.25, 0.3) is 33.3 Å². The summed E-state index contributed by atoms with van der Waals surface area (Å²) in [6, 6.07) is 8.09. The minimum absolute atomic E-state index is 0.565. The van der Waals surface area contributed by atoms with Crippen LogP contribution in [0.1, 0.15) is 0 Å². The maximum absolute atomic E-state index is 6.04. The normalized spacial score (nSPS) is 14.8. The molecule has 1 saturated heterocycles. The number of morpholine rings is 1. The zero-order valence-electron chi connectivity index (χ0n) is 15.0. The topological polar surface area (TPSA) is 76.3 Å². The quantitative estimate of drug-likeness (QED) is 0.600. The number of pyridine rings is 2. The van der Waals surface area contributed by atoms with E-state index in [-0.39, 0.29) is 0 Å². The molecule has 7 heteroatoms. The third kappa shape index (κ3) is 2.76. The smallest absolute Gasteiger partial charge is 0.229 e. The van der Waals surface area contributed by atoms with E-state index in [1.165, 1.54) is 0 Å². The Kier molecular flexibility index (Phi) is 3.86. The molecule has 4 heterocycles. The maximum atomic E-state index is 6.04. The lowest BCUT2D eigenvalue weighted by molar-refractivity contribution is 0.122. The summed E-state index contributed by atoms with van der Waals surface area (Å²) in [4.78, 5) is 15.8. The number of hydrogen-bond donors (Lipinski definition) is 1. The van der Waals surface area contributed by atoms with Crippen molar-refractivity contribution in [2.75, 3.05) is 43.6 Å². The fraction of sp³-hybridized carbons (Fsp3) is 0.250. The fourth-order valence-electron chi connectivity index (χ4n) is 3.51. The Balaban J connectivity index is 1.60. The average molecular weight is 361 g/mol. The Morgan fingerprint density at radius 2 is 1.96 bits per heavy atom. The standard InChI is InChI=1S/C20H19N5O2/c1-21-19-15-11-22-5-4-14(15)16(12-23-19)20-24-17-10-13(2-3-18(17)27-20)25-6-8-26-9-7-25/h2-5,10-12H,6-9H2,1H3,(H,21,23). The van der Waals surface area contributed by atoms with Crippen molar-refractivity contribution in [2.24, 2.45) is 0 Å². The average Bonchev–Trinajstić information content (AvgIpc) is 3.16. The molecule has 1 aromatic carbocycles. The summed E-state index contributed by atoms with van der Waals surface area (Å²) in [5.41, 5.74) is 3.61. The Morgan fingerprint density at radius 1 is 1.07 bits per heavy atom. The highest BCUT2D eigenvalue weighted by Crippen LogP contribution is 2.33. The summed E-state index contributed by atoms with van der Waals surface area (Å²) in [6.45, 7) is 3.30. The largest absolute Gasteiger partial charge is 0.436 e. The van der Waals surface area contributed by atoms with E-state index < -0.39 is 0 Å². The molecule has 0 atom stereocenters. The molecule has 0 unspecified atom stereocenters. The molecule has 1 fully saturated rings. The lowest BCUT2D eigenvalue weighted by Crippen LogP contribution is -2.36. The van der Waals surface area contributed by atoms with Crippen molar-refractivity contribution in [3.63, 3.8) is 0 Å². The molecule has 1 aliphatic heterocycles. The number of nitrogens with zero attached hydrogens (tertiary/aromatic N) is 4. The van der Waals surface area contributed by atoms with Gasteiger partial charge >= 0.3 is 0 Å². The molecule has 0 radical (unpaired) electrons. The Labute approximate surface area is 156 Å². The van der Waals surface area contributed by atoms with Crippen molar-refractivity contribution in [1.82, 2.24) is 15.0 Å². The molecule has 0 bridgehead atoms. The van der Waals surface area contributed by atoms with E-state index in [4.69, 9.17) is 14.1 Å². The lowest BCUT2D eigenvalue weighted by atomic mass is 10.1. The number of hydrogen-bond acceptors (Lipinski definition) is 7. The molecule has 5 rings (SSSR count). The van der Waals surface area contributed by atoms with Crippen LogP contribution < -0.4 is 10.2 Å². The van der Waals surface area contributed by atoms with Crippen LogP contribution in [-0.4, -0.2) is 48.3 Å². The first-order valence-corrected chi connectivity index (χ1v) is 8.97. The molecule has 3 aromatic heterocycles. The summed E-state index contributed by atoms with van der Waals surface area (Å²) in [6.07, 6.45) is 5.36. The molecule has 4 aromatic rings. The SMILES string of the molecule is CNc1ncc(-c2nc3cc(N4CCOCC4)ccc3o2)c2ccncc12. The maximum Gasteiger partial charge on any atom is 0.229 e. The first kappa shape index (κ1) is 16.0. The van der Waals surface area contributed by atoms with Gasteiger partial charge in [0.05, 0.1) is 18.8 Å². The monoisotopic (exact) mass is 361 g/mol. The van der Waals surface area contributed by atoms with Crippen molar-refractivity contribution in [2.45, 2.75) is 0 Å². The number of rotatable bonds is 3. The van der Waals surface area contributed by atoms with Crippen molar-refractivity contribution < 1.29 is 9.15 Å². The van der Waals surface area contributed by atoms with Gasteiger partial charge in [-0.15, -0.1) is 0 Å². The highest BCUT2D eigenvalue weighted by atomic mass is 16.5. The van der Waals surface area contributed by atoms with E-state index in [1.54, 1.807) is 18.6 Å². The van der Waals surface area contributed by atoms with Crippen LogP contribution >= 0.6 is 0 Å². The Hall–Kier alpha value is -3.19. The Morgan fingerprint density at radius 3 is 2.81 bits per heavy atom. The van der Waals surface area contributed by atoms with Crippen LogP contribution in [0.2, 0.25) is 0 Å². The predicted molar refractivity (Wildman–Crippen MR) is 105 cm³/mol. The number of ether oxygens (including phenoxy) is 1. The van der Waals surface area contributed by atoms with Crippen LogP contribution in [-0.2, 0) is 4.74 Å². The minimum Gasteiger partial charge on any atom is -0.436 e. The van der Waals surface area contributed by atoms with E-state index in [0.29, 0.717) is 5.89 Å². The predicted octanol–water partition coefficient (Wildman–Crippen LogP) is 3.32. The highest BCUT2D eigenvalue weighted by Gasteiger charge is 2.16. The zero-order valence-corrected chi connectivity index (χ0v) is 15.0. The molecule has 0 amide bonds. The summed E-state index contributed by atoms with van der Waals surface area (Å²) in [7, 11) is 1.85. The highest BCUT2D eigenvalue weighted by molar-refractivity contribution is 6.00. The molecule has 136 valence electrons. The van der Waals surface area contributed by atoms with Gasteiger partial charge in [-0.3, -0.25) is 4.98 Å². The number of aromatic nitrogens is 3. The second kappa shape index (κ2) is 6.51. The van der Waals surface area contributed by atoms with Gasteiger partial charge in [-0.2, -0.15) is 0 Å². The van der Waals surface area contributed by atoms with Crippen LogP contribution in [0.15, 0.2) is 47.3 Å². The fourth-order valence-corrected chi connectivity index (χ4v) is 3.51. The molecule has 0 aliphatic carbocycles. The Bertz CT molecular complexity index is 1120. The van der Waals surface area contributed by atoms with E-state index >= 15 is 0 Å². The molecule has 1 aliphatic rings. The number of nitrogens with one attached hydrogen (secondary N) is 1. The van der Waals surface area contributed by atoms with Gasteiger partial charge in [0.2, 0.25) is 5.89 Å². The van der Waals surface area contributed by atoms with Crippen LogP contribution in [0.4, 0.5) is 11.5 Å². The summed E-state index contributed by atoms with van der Waals surface area (Å²) in [5.74, 6) is 1.35. The van der Waals surface area contributed by atoms with E-state index in [0.717, 1.165) is 65.2 Å². The van der Waals surface area contributed by atoms with Gasteiger partial charge < -0.3 is 19.4 Å². The number of benzene rings is 1. The molecule has 27 heavy (non-hydrogen) atoms. The van der Waals surface area contributed by atoms with Gasteiger partial charge in [0.15, 0.2) is 5.58 Å². The van der Waals surface area contributed by atoms with Crippen LogP contribution in [0.5, 0.6) is 0 Å². The van der Waals surface area contributed by atoms with Gasteiger partial charge in [0.1, 0.15) is 11.3 Å². The minimum atomic E-state index is 0.565. The van der Waals surface area contributed by atoms with Gasteiger partial charge in [-0.1, -0.05) is 0 Å². The third-order valence-corrected chi connectivity index (χ3v) is 4.90. The number of fused-ring (bicyclic) bond motifs is 2. The third-order valence-electron chi connectivity index (χ3n) is 4.90. The van der Waals surface area contributed by atoms with Crippen molar-refractivity contribution >= 4 is 33.4 Å². The van der Waals surface area contributed by atoms with E-state index in [1.807, 2.05) is 19.2 Å². The van der Waals surface area contributed by atoms with E-state index in [9.17, 15) is 0 Å². The van der Waals surface area contributed by atoms with Gasteiger partial charge in [0.25, 0.3) is 0 Å². The molecule has 7 nitrogen and oxygen atoms in total. The van der Waals surface area contributed by atoms with Crippen molar-refractivity contribution in [3.8, 4) is 11.5 Å². The lowest BCUT2D eigenvalue weighted by Gasteiger charge is -2.28. The van der Waals surface area contributed by atoms with E-state index in [2.05, 4.69) is 32.3 Å². The molecule has 1 N–H and O–H groups in total. The number of oxazole rings is 1. The summed E-state index contributed by atoms with van der Waals surface area (Å²) in [5, 5.41) is 5.04. The second-order valence-corrected chi connectivity index (χ2v) is 6.46. The number of anilines is 2. The molecule has 0 spiro atoms. The molecule has 0 saturated carbocycles. The summed E-state index contributed by atoms with van der Waals surface area (Å²) < 4.78 is 11.5. The van der Waals surface area contributed by atoms with Crippen LogP contribution in [0, 0.1) is 0 Å². The van der Waals surface area contributed by atoms with Crippen molar-refractivity contribution in [3.05, 3.63) is 42.9 Å². The summed E-state index contributed by atoms with van der Waals surface area (Å²) >= 11 is 0. The van der Waals surface area contributed by atoms with Crippen molar-refractivity contribution in [1.29, 1.82) is 0 Å². The van der Waals surface area contributed by atoms with Crippen LogP contribution in [0.3, 0.4) is 0 Å². The molecular formula is C20H19N5O2. The zero-order chi connectivity index (χ0) is 18.2. The van der Waals surface area contributed by atoms with Gasteiger partial charge in [-0.25, -0.2) is 9.97 Å². The second-order valence-electron chi connectivity index (χ2n) is 6.46. The molecular weight excluding hydrogens is 342 g/mol.